The van der Waals surface area contributed by atoms with E-state index in [9.17, 15) is 4.79 Å². The Morgan fingerprint density at radius 2 is 2.40 bits per heavy atom. The number of carboxylic acids is 1. The van der Waals surface area contributed by atoms with Crippen LogP contribution >= 0.6 is 0 Å². The zero-order valence-electron chi connectivity index (χ0n) is 7.78. The lowest BCUT2D eigenvalue weighted by Gasteiger charge is -1.93. The summed E-state index contributed by atoms with van der Waals surface area (Å²) in [4.78, 5) is 10.5. The Kier molecular flexibility index (Phi) is 2.16. The molecule has 0 bridgehead atoms. The van der Waals surface area contributed by atoms with E-state index in [4.69, 9.17) is 5.11 Å². The van der Waals surface area contributed by atoms with Crippen LogP contribution in [0.3, 0.4) is 0 Å². The van der Waals surface area contributed by atoms with Crippen LogP contribution in [0, 0.1) is 6.92 Å². The van der Waals surface area contributed by atoms with Crippen molar-refractivity contribution in [3.05, 3.63) is 23.3 Å². The highest BCUT2D eigenvalue weighted by Crippen LogP contribution is 2.03. The van der Waals surface area contributed by atoms with Crippen LogP contribution in [0.1, 0.15) is 21.9 Å². The van der Waals surface area contributed by atoms with Crippen molar-refractivity contribution in [3.8, 4) is 0 Å². The van der Waals surface area contributed by atoms with Gasteiger partial charge >= 0.3 is 5.97 Å². The Morgan fingerprint density at radius 1 is 1.60 bits per heavy atom. The van der Waals surface area contributed by atoms with Gasteiger partial charge in [-0.15, -0.1) is 5.10 Å². The second kappa shape index (κ2) is 3.48. The van der Waals surface area contributed by atoms with Crippen LogP contribution in [0.25, 0.3) is 0 Å². The van der Waals surface area contributed by atoms with Crippen molar-refractivity contribution in [2.24, 2.45) is 0 Å². The van der Waals surface area contributed by atoms with Gasteiger partial charge in [-0.25, -0.2) is 14.1 Å². The summed E-state index contributed by atoms with van der Waals surface area (Å²) in [6.07, 6.45) is 1.32. The van der Waals surface area contributed by atoms with Crippen molar-refractivity contribution in [1.82, 2.24) is 25.3 Å². The molecule has 2 heterocycles. The van der Waals surface area contributed by atoms with Gasteiger partial charge in [-0.05, 0) is 6.92 Å². The maximum absolute atomic E-state index is 10.5. The van der Waals surface area contributed by atoms with Gasteiger partial charge in [-0.3, -0.25) is 0 Å². The second-order valence-electron chi connectivity index (χ2n) is 2.90. The van der Waals surface area contributed by atoms with Crippen LogP contribution < -0.4 is 0 Å². The molecule has 0 radical (unpaired) electrons. The zero-order chi connectivity index (χ0) is 10.8. The van der Waals surface area contributed by atoms with Crippen molar-refractivity contribution in [2.45, 2.75) is 13.5 Å². The summed E-state index contributed by atoms with van der Waals surface area (Å²) < 4.78 is 5.85. The third-order valence-corrected chi connectivity index (χ3v) is 1.82. The quantitative estimate of drug-likeness (QED) is 0.740. The maximum Gasteiger partial charge on any atom is 0.358 e. The van der Waals surface area contributed by atoms with E-state index in [1.54, 1.807) is 6.92 Å². The van der Waals surface area contributed by atoms with Gasteiger partial charge in [0.05, 0.1) is 12.7 Å². The number of hydrogen-bond acceptors (Lipinski definition) is 6. The number of aromatic carboxylic acids is 1. The molecule has 0 amide bonds. The molecule has 0 aliphatic rings. The molecule has 15 heavy (non-hydrogen) atoms. The fourth-order valence-electron chi connectivity index (χ4n) is 1.02. The molecule has 2 aromatic heterocycles. The largest absolute Gasteiger partial charge is 0.476 e. The van der Waals surface area contributed by atoms with Gasteiger partial charge < -0.3 is 5.11 Å². The molecule has 0 aliphatic heterocycles. The van der Waals surface area contributed by atoms with Gasteiger partial charge in [0, 0.05) is 0 Å². The predicted octanol–water partition coefficient (Wildman–Crippen LogP) is -0.284. The number of aromatic nitrogens is 5. The van der Waals surface area contributed by atoms with Gasteiger partial charge in [0.2, 0.25) is 0 Å². The fourth-order valence-corrected chi connectivity index (χ4v) is 1.02. The number of aryl methyl sites for hydroxylation is 1. The van der Waals surface area contributed by atoms with Gasteiger partial charge in [-0.2, -0.15) is 0 Å². The molecule has 0 aromatic carbocycles. The highest BCUT2D eigenvalue weighted by atomic mass is 16.6. The number of rotatable bonds is 3. The summed E-state index contributed by atoms with van der Waals surface area (Å²) in [5.41, 5.74) is 1.13. The van der Waals surface area contributed by atoms with E-state index >= 15 is 0 Å². The minimum Gasteiger partial charge on any atom is -0.476 e. The normalized spacial score (nSPS) is 10.5. The Labute approximate surface area is 83.5 Å². The molecule has 0 fully saturated rings. The molecule has 0 atom stereocenters. The van der Waals surface area contributed by atoms with Crippen LogP contribution in [0.4, 0.5) is 0 Å². The Balaban J connectivity index is 2.18. The second-order valence-corrected chi connectivity index (χ2v) is 2.90. The monoisotopic (exact) mass is 209 g/mol. The van der Waals surface area contributed by atoms with E-state index < -0.39 is 5.97 Å². The summed E-state index contributed by atoms with van der Waals surface area (Å²) in [6, 6.07) is 0. The smallest absolute Gasteiger partial charge is 0.358 e. The van der Waals surface area contributed by atoms with Crippen molar-refractivity contribution in [1.29, 1.82) is 0 Å². The molecule has 2 rings (SSSR count). The Bertz CT molecular complexity index is 488. The maximum atomic E-state index is 10.5. The molecule has 78 valence electrons. The third-order valence-electron chi connectivity index (χ3n) is 1.82. The van der Waals surface area contributed by atoms with Gasteiger partial charge in [-0.1, -0.05) is 15.5 Å². The molecule has 0 unspecified atom stereocenters. The topological polar surface area (TPSA) is 107 Å². The fraction of sp³-hybridized carbons (Fsp3) is 0.286. The summed E-state index contributed by atoms with van der Waals surface area (Å²) in [5.74, 6) is -1.11. The molecule has 0 spiro atoms. The highest BCUT2D eigenvalue weighted by Gasteiger charge is 2.11. The predicted molar refractivity (Wildman–Crippen MR) is 45.1 cm³/mol. The minimum absolute atomic E-state index is 0.107. The first-order valence-electron chi connectivity index (χ1n) is 4.08. The zero-order valence-corrected chi connectivity index (χ0v) is 7.78. The average Bonchev–Trinajstić information content (AvgIpc) is 2.77. The van der Waals surface area contributed by atoms with Crippen LogP contribution in [0.5, 0.6) is 0 Å². The van der Waals surface area contributed by atoms with Crippen molar-refractivity contribution < 1.29 is 14.5 Å². The van der Waals surface area contributed by atoms with Crippen LogP contribution in [-0.2, 0) is 6.54 Å². The summed E-state index contributed by atoms with van der Waals surface area (Å²) in [7, 11) is 0. The van der Waals surface area contributed by atoms with E-state index in [-0.39, 0.29) is 12.2 Å². The lowest BCUT2D eigenvalue weighted by molar-refractivity contribution is 0.0690. The molecular weight excluding hydrogens is 202 g/mol. The van der Waals surface area contributed by atoms with Crippen LogP contribution in [0.15, 0.2) is 10.8 Å². The number of carboxylic acid groups (broad SMARTS) is 1. The van der Waals surface area contributed by atoms with Crippen molar-refractivity contribution in [2.75, 3.05) is 0 Å². The number of carbonyl (C=O) groups is 1. The van der Waals surface area contributed by atoms with Gasteiger partial charge in [0.25, 0.3) is 0 Å². The molecule has 1 N–H and O–H groups in total. The molecule has 0 saturated heterocycles. The average molecular weight is 209 g/mol. The van der Waals surface area contributed by atoms with Gasteiger partial charge in [0.1, 0.15) is 11.4 Å². The van der Waals surface area contributed by atoms with E-state index in [1.807, 2.05) is 0 Å². The lowest BCUT2D eigenvalue weighted by Crippen LogP contribution is -2.02. The molecular formula is C7H7N5O3. The summed E-state index contributed by atoms with van der Waals surface area (Å²) >= 11 is 0. The molecule has 0 saturated carbocycles. The Morgan fingerprint density at radius 3 is 2.93 bits per heavy atom. The van der Waals surface area contributed by atoms with Crippen LogP contribution in [-0.4, -0.2) is 36.4 Å². The first-order valence-corrected chi connectivity index (χ1v) is 4.08. The van der Waals surface area contributed by atoms with Crippen LogP contribution in [0.2, 0.25) is 0 Å². The molecule has 8 heteroatoms. The van der Waals surface area contributed by atoms with E-state index in [0.29, 0.717) is 11.4 Å². The first-order chi connectivity index (χ1) is 7.16. The third kappa shape index (κ3) is 1.82. The Hall–Kier alpha value is -2.25. The lowest BCUT2D eigenvalue weighted by atomic mass is 10.3. The van der Waals surface area contributed by atoms with Crippen molar-refractivity contribution in [3.63, 3.8) is 0 Å². The molecule has 2 aromatic rings. The number of hydrogen-bond donors (Lipinski definition) is 1. The first kappa shape index (κ1) is 9.31. The standard InChI is InChI=1S/C7H7N5O3/c1-4-5(10-15-9-4)2-12-3-6(7(13)14)8-11-12/h3H,2H2,1H3,(H,13,14). The minimum atomic E-state index is -1.11. The summed E-state index contributed by atoms with van der Waals surface area (Å²) in [6.45, 7) is 2.02. The molecule has 0 aliphatic carbocycles. The van der Waals surface area contributed by atoms with E-state index in [0.717, 1.165) is 0 Å². The summed E-state index contributed by atoms with van der Waals surface area (Å²) in [5, 5.41) is 22.9. The highest BCUT2D eigenvalue weighted by molar-refractivity contribution is 5.84. The van der Waals surface area contributed by atoms with E-state index in [2.05, 4.69) is 25.3 Å². The molecule has 8 nitrogen and oxygen atoms in total. The van der Waals surface area contributed by atoms with E-state index in [1.165, 1.54) is 10.9 Å². The SMILES string of the molecule is Cc1nonc1Cn1cc(C(=O)O)nn1. The van der Waals surface area contributed by atoms with Crippen molar-refractivity contribution >= 4 is 5.97 Å². The van der Waals surface area contributed by atoms with Gasteiger partial charge in [0.15, 0.2) is 5.69 Å². The number of nitrogens with zero attached hydrogens (tertiary/aromatic N) is 5.